The molecule has 1 aliphatic rings. The summed E-state index contributed by atoms with van der Waals surface area (Å²) >= 11 is 1.46. The SMILES string of the molecule is O=C(O)[C@H]1CCCN(C(=O)/C(=C/c2ccccc2[N+](=O)[O-])CSc2ccccc2)C1. The van der Waals surface area contributed by atoms with E-state index in [9.17, 15) is 24.8 Å². The van der Waals surface area contributed by atoms with Crippen LogP contribution < -0.4 is 0 Å². The summed E-state index contributed by atoms with van der Waals surface area (Å²) in [6, 6.07) is 15.8. The number of nitro groups is 1. The van der Waals surface area contributed by atoms with Crippen LogP contribution in [0.5, 0.6) is 0 Å². The molecule has 2 aromatic rings. The van der Waals surface area contributed by atoms with Crippen LogP contribution in [-0.4, -0.2) is 45.6 Å². The van der Waals surface area contributed by atoms with Gasteiger partial charge >= 0.3 is 5.97 Å². The zero-order valence-corrected chi connectivity index (χ0v) is 17.1. The molecule has 1 saturated heterocycles. The van der Waals surface area contributed by atoms with E-state index in [4.69, 9.17) is 0 Å². The number of carboxylic acids is 1. The second kappa shape index (κ2) is 10.1. The molecule has 1 atom stereocenters. The zero-order chi connectivity index (χ0) is 21.5. The van der Waals surface area contributed by atoms with Gasteiger partial charge < -0.3 is 10.0 Å². The third kappa shape index (κ3) is 5.48. The number of para-hydroxylation sites is 1. The third-order valence-electron chi connectivity index (χ3n) is 4.93. The average molecular weight is 426 g/mol. The summed E-state index contributed by atoms with van der Waals surface area (Å²) < 4.78 is 0. The summed E-state index contributed by atoms with van der Waals surface area (Å²) in [5, 5.41) is 20.7. The maximum absolute atomic E-state index is 13.3. The predicted octanol–water partition coefficient (Wildman–Crippen LogP) is 4.09. The standard InChI is InChI=1S/C22H22N2O5S/c25-21(23-12-6-8-17(14-23)22(26)27)18(15-30-19-9-2-1-3-10-19)13-16-7-4-5-11-20(16)24(28)29/h1-5,7,9-11,13,17H,6,8,12,14-15H2,(H,26,27)/b18-13+/t17-/m0/s1. The Hall–Kier alpha value is -3.13. The van der Waals surface area contributed by atoms with E-state index in [1.165, 1.54) is 17.8 Å². The molecule has 156 valence electrons. The molecule has 0 saturated carbocycles. The fourth-order valence-corrected chi connectivity index (χ4v) is 4.25. The van der Waals surface area contributed by atoms with E-state index in [2.05, 4.69) is 0 Å². The Morgan fingerprint density at radius 3 is 2.57 bits per heavy atom. The largest absolute Gasteiger partial charge is 0.481 e. The number of rotatable bonds is 7. The summed E-state index contributed by atoms with van der Waals surface area (Å²) in [6.07, 6.45) is 2.72. The van der Waals surface area contributed by atoms with Crippen LogP contribution in [-0.2, 0) is 9.59 Å². The van der Waals surface area contributed by atoms with Crippen molar-refractivity contribution in [3.8, 4) is 0 Å². The number of carbonyl (C=O) groups excluding carboxylic acids is 1. The highest BCUT2D eigenvalue weighted by atomic mass is 32.2. The van der Waals surface area contributed by atoms with Gasteiger partial charge in [0.25, 0.3) is 11.6 Å². The molecule has 7 nitrogen and oxygen atoms in total. The highest BCUT2D eigenvalue weighted by Crippen LogP contribution is 2.27. The second-order valence-electron chi connectivity index (χ2n) is 7.02. The first-order valence-corrected chi connectivity index (χ1v) is 10.6. The molecule has 8 heteroatoms. The first-order valence-electron chi connectivity index (χ1n) is 9.59. The van der Waals surface area contributed by atoms with Crippen molar-refractivity contribution in [2.24, 2.45) is 5.92 Å². The minimum absolute atomic E-state index is 0.0745. The number of piperidine rings is 1. The number of benzene rings is 2. The van der Waals surface area contributed by atoms with Gasteiger partial charge in [0.05, 0.1) is 16.4 Å². The van der Waals surface area contributed by atoms with Crippen LogP contribution in [0.3, 0.4) is 0 Å². The molecule has 1 aliphatic heterocycles. The number of carboxylic acid groups (broad SMARTS) is 1. The summed E-state index contributed by atoms with van der Waals surface area (Å²) in [4.78, 5) is 38.1. The van der Waals surface area contributed by atoms with Gasteiger partial charge in [-0.05, 0) is 37.1 Å². The Labute approximate surface area is 178 Å². The lowest BCUT2D eigenvalue weighted by atomic mass is 9.97. The number of hydrogen-bond acceptors (Lipinski definition) is 5. The quantitative estimate of drug-likeness (QED) is 0.310. The van der Waals surface area contributed by atoms with Crippen molar-refractivity contribution in [3.05, 3.63) is 75.8 Å². The molecule has 0 bridgehead atoms. The van der Waals surface area contributed by atoms with E-state index in [1.807, 2.05) is 30.3 Å². The first-order chi connectivity index (χ1) is 14.5. The van der Waals surface area contributed by atoms with Crippen LogP contribution in [0.15, 0.2) is 65.1 Å². The molecule has 3 rings (SSSR count). The monoisotopic (exact) mass is 426 g/mol. The Morgan fingerprint density at radius 1 is 1.17 bits per heavy atom. The predicted molar refractivity (Wildman–Crippen MR) is 115 cm³/mol. The van der Waals surface area contributed by atoms with E-state index in [-0.39, 0.29) is 18.1 Å². The van der Waals surface area contributed by atoms with Gasteiger partial charge in [0, 0.05) is 35.4 Å². The van der Waals surface area contributed by atoms with Crippen LogP contribution in [0.25, 0.3) is 6.08 Å². The normalized spacial score (nSPS) is 16.9. The molecular weight excluding hydrogens is 404 g/mol. The van der Waals surface area contributed by atoms with Crippen molar-refractivity contribution >= 4 is 35.4 Å². The maximum Gasteiger partial charge on any atom is 0.308 e. The van der Waals surface area contributed by atoms with E-state index in [0.717, 1.165) is 4.90 Å². The molecule has 1 heterocycles. The Kier molecular flexibility index (Phi) is 7.24. The zero-order valence-electron chi connectivity index (χ0n) is 16.3. The molecule has 0 radical (unpaired) electrons. The van der Waals surface area contributed by atoms with Gasteiger partial charge in [0.15, 0.2) is 0 Å². The molecule has 1 fully saturated rings. The van der Waals surface area contributed by atoms with E-state index >= 15 is 0 Å². The summed E-state index contributed by atoms with van der Waals surface area (Å²) in [6.45, 7) is 0.630. The first kappa shape index (κ1) is 21.6. The molecule has 2 aromatic carbocycles. The van der Waals surface area contributed by atoms with Crippen LogP contribution in [0.1, 0.15) is 18.4 Å². The number of nitro benzene ring substituents is 1. The molecule has 0 unspecified atom stereocenters. The van der Waals surface area contributed by atoms with Crippen molar-refractivity contribution in [1.29, 1.82) is 0 Å². The molecular formula is C22H22N2O5S. The minimum atomic E-state index is -0.907. The number of carbonyl (C=O) groups is 2. The number of thioether (sulfide) groups is 1. The second-order valence-corrected chi connectivity index (χ2v) is 8.06. The minimum Gasteiger partial charge on any atom is -0.481 e. The van der Waals surface area contributed by atoms with Crippen molar-refractivity contribution in [3.63, 3.8) is 0 Å². The van der Waals surface area contributed by atoms with E-state index in [1.54, 1.807) is 29.2 Å². The van der Waals surface area contributed by atoms with E-state index in [0.29, 0.717) is 36.3 Å². The van der Waals surface area contributed by atoms with Crippen molar-refractivity contribution < 1.29 is 19.6 Å². The lowest BCUT2D eigenvalue weighted by Gasteiger charge is -2.31. The molecule has 30 heavy (non-hydrogen) atoms. The van der Waals surface area contributed by atoms with Crippen molar-refractivity contribution in [2.75, 3.05) is 18.8 Å². The topological polar surface area (TPSA) is 101 Å². The Balaban J connectivity index is 1.90. The average Bonchev–Trinajstić information content (AvgIpc) is 2.77. The van der Waals surface area contributed by atoms with Crippen LogP contribution in [0.4, 0.5) is 5.69 Å². The molecule has 0 spiro atoms. The number of nitrogens with zero attached hydrogens (tertiary/aromatic N) is 2. The van der Waals surface area contributed by atoms with Gasteiger partial charge in [-0.1, -0.05) is 30.3 Å². The number of aliphatic carboxylic acids is 1. The summed E-state index contributed by atoms with van der Waals surface area (Å²) in [5.74, 6) is -1.45. The smallest absolute Gasteiger partial charge is 0.308 e. The molecule has 1 N–H and O–H groups in total. The third-order valence-corrected chi connectivity index (χ3v) is 5.99. The summed E-state index contributed by atoms with van der Waals surface area (Å²) in [7, 11) is 0. The molecule has 0 aromatic heterocycles. The Bertz CT molecular complexity index is 961. The van der Waals surface area contributed by atoms with E-state index < -0.39 is 16.8 Å². The van der Waals surface area contributed by atoms with Crippen LogP contribution in [0.2, 0.25) is 0 Å². The number of amides is 1. The number of hydrogen-bond donors (Lipinski definition) is 1. The van der Waals surface area contributed by atoms with Gasteiger partial charge in [0.1, 0.15) is 0 Å². The van der Waals surface area contributed by atoms with Gasteiger partial charge in [-0.25, -0.2) is 0 Å². The lowest BCUT2D eigenvalue weighted by molar-refractivity contribution is -0.385. The molecule has 0 aliphatic carbocycles. The molecule has 1 amide bonds. The highest BCUT2D eigenvalue weighted by Gasteiger charge is 2.29. The number of likely N-dealkylation sites (tertiary alicyclic amines) is 1. The van der Waals surface area contributed by atoms with Crippen molar-refractivity contribution in [1.82, 2.24) is 4.90 Å². The van der Waals surface area contributed by atoms with Crippen LogP contribution >= 0.6 is 11.8 Å². The van der Waals surface area contributed by atoms with Gasteiger partial charge in [-0.15, -0.1) is 11.8 Å². The fraction of sp³-hybridized carbons (Fsp3) is 0.273. The van der Waals surface area contributed by atoms with Gasteiger partial charge in [-0.2, -0.15) is 0 Å². The summed E-state index contributed by atoms with van der Waals surface area (Å²) in [5.41, 5.74) is 0.685. The van der Waals surface area contributed by atoms with Crippen LogP contribution in [0, 0.1) is 16.0 Å². The highest BCUT2D eigenvalue weighted by molar-refractivity contribution is 7.99. The maximum atomic E-state index is 13.3. The van der Waals surface area contributed by atoms with Gasteiger partial charge in [0.2, 0.25) is 0 Å². The lowest BCUT2D eigenvalue weighted by Crippen LogP contribution is -2.43. The Morgan fingerprint density at radius 2 is 1.87 bits per heavy atom. The fourth-order valence-electron chi connectivity index (χ4n) is 3.37. The van der Waals surface area contributed by atoms with Crippen molar-refractivity contribution in [2.45, 2.75) is 17.7 Å². The van der Waals surface area contributed by atoms with Gasteiger partial charge in [-0.3, -0.25) is 19.7 Å².